The van der Waals surface area contributed by atoms with Gasteiger partial charge in [-0.2, -0.15) is 0 Å². The van der Waals surface area contributed by atoms with Crippen molar-refractivity contribution in [2.24, 2.45) is 0 Å². The van der Waals surface area contributed by atoms with E-state index in [1.54, 1.807) is 19.0 Å². The summed E-state index contributed by atoms with van der Waals surface area (Å²) < 4.78 is 0.343. The van der Waals surface area contributed by atoms with Gasteiger partial charge in [0.25, 0.3) is 0 Å². The predicted molar refractivity (Wildman–Crippen MR) is 54.4 cm³/mol. The molecule has 0 saturated heterocycles. The first-order chi connectivity index (χ1) is 6.20. The van der Waals surface area contributed by atoms with E-state index in [1.165, 1.54) is 0 Å². The maximum Gasteiger partial charge on any atom is 0.195 e. The summed E-state index contributed by atoms with van der Waals surface area (Å²) in [4.78, 5) is 13.1. The number of carboxylic acid groups (broad SMARTS) is 1. The molecular formula is C10H22N2O2. The Kier molecular flexibility index (Phi) is 4.09. The van der Waals surface area contributed by atoms with E-state index in [0.29, 0.717) is 10.9 Å². The van der Waals surface area contributed by atoms with Crippen LogP contribution in [-0.4, -0.2) is 56.3 Å². The lowest BCUT2D eigenvalue weighted by Crippen LogP contribution is -2.72. The molecule has 0 saturated carbocycles. The third kappa shape index (κ3) is 2.07. The van der Waals surface area contributed by atoms with Crippen LogP contribution >= 0.6 is 0 Å². The van der Waals surface area contributed by atoms with Crippen LogP contribution in [0.2, 0.25) is 0 Å². The number of quaternary nitrogens is 1. The molecule has 0 aromatic carbocycles. The Morgan fingerprint density at radius 1 is 1.36 bits per heavy atom. The van der Waals surface area contributed by atoms with E-state index in [2.05, 4.69) is 0 Å². The van der Waals surface area contributed by atoms with Crippen molar-refractivity contribution >= 4 is 5.97 Å². The van der Waals surface area contributed by atoms with Gasteiger partial charge in [-0.25, -0.2) is 0 Å². The van der Waals surface area contributed by atoms with Gasteiger partial charge in [0.05, 0.1) is 21.1 Å². The topological polar surface area (TPSA) is 43.4 Å². The highest BCUT2D eigenvalue weighted by molar-refractivity contribution is 5.74. The molecule has 0 aliphatic heterocycles. The Bertz CT molecular complexity index is 209. The van der Waals surface area contributed by atoms with E-state index in [0.717, 1.165) is 6.42 Å². The molecule has 0 bridgehead atoms. The molecule has 0 N–H and O–H groups in total. The smallest absolute Gasteiger partial charge is 0.195 e. The largest absolute Gasteiger partial charge is 0.543 e. The number of carbonyl (C=O) groups excluding carboxylic acids is 1. The third-order valence-corrected chi connectivity index (χ3v) is 2.78. The van der Waals surface area contributed by atoms with E-state index >= 15 is 0 Å². The molecule has 4 nitrogen and oxygen atoms in total. The molecule has 1 atom stereocenters. The van der Waals surface area contributed by atoms with E-state index in [-0.39, 0.29) is 0 Å². The summed E-state index contributed by atoms with van der Waals surface area (Å²) >= 11 is 0. The van der Waals surface area contributed by atoms with Crippen LogP contribution in [0.5, 0.6) is 0 Å². The summed E-state index contributed by atoms with van der Waals surface area (Å²) in [6, 6.07) is 0. The van der Waals surface area contributed by atoms with Gasteiger partial charge < -0.3 is 14.4 Å². The molecule has 4 heteroatoms. The first kappa shape index (κ1) is 13.4. The molecule has 0 aliphatic rings. The number of carboxylic acids is 1. The van der Waals surface area contributed by atoms with Gasteiger partial charge in [0.2, 0.25) is 0 Å². The first-order valence-corrected chi connectivity index (χ1v) is 4.90. The summed E-state index contributed by atoms with van der Waals surface area (Å²) in [6.45, 7) is 1.98. The van der Waals surface area contributed by atoms with Gasteiger partial charge in [-0.3, -0.25) is 4.90 Å². The third-order valence-electron chi connectivity index (χ3n) is 2.78. The average molecular weight is 202 g/mol. The normalized spacial score (nSPS) is 16.8. The fourth-order valence-electron chi connectivity index (χ4n) is 2.07. The summed E-state index contributed by atoms with van der Waals surface area (Å²) in [6.07, 6.45) is 1.41. The monoisotopic (exact) mass is 202 g/mol. The zero-order valence-electron chi connectivity index (χ0n) is 10.1. The van der Waals surface area contributed by atoms with Gasteiger partial charge in [0.15, 0.2) is 5.66 Å². The Labute approximate surface area is 86.7 Å². The van der Waals surface area contributed by atoms with Gasteiger partial charge in [-0.1, -0.05) is 6.92 Å². The van der Waals surface area contributed by atoms with Crippen molar-refractivity contribution in [1.29, 1.82) is 0 Å². The summed E-state index contributed by atoms with van der Waals surface area (Å²) in [7, 11) is 9.21. The lowest BCUT2D eigenvalue weighted by atomic mass is 9.99. The van der Waals surface area contributed by atoms with Crippen LogP contribution in [0.1, 0.15) is 19.8 Å². The fourth-order valence-corrected chi connectivity index (χ4v) is 2.07. The highest BCUT2D eigenvalue weighted by Crippen LogP contribution is 2.26. The number of carbonyl (C=O) groups is 1. The molecule has 0 heterocycles. The summed E-state index contributed by atoms with van der Waals surface area (Å²) in [5.41, 5.74) is -0.936. The molecule has 0 fully saturated rings. The molecule has 0 aromatic rings. The van der Waals surface area contributed by atoms with Crippen LogP contribution in [-0.2, 0) is 4.79 Å². The maximum atomic E-state index is 11.3. The number of aliphatic carboxylic acids is 1. The van der Waals surface area contributed by atoms with Crippen LogP contribution in [0.25, 0.3) is 0 Å². The van der Waals surface area contributed by atoms with Gasteiger partial charge >= 0.3 is 0 Å². The first-order valence-electron chi connectivity index (χ1n) is 4.90. The van der Waals surface area contributed by atoms with Gasteiger partial charge in [0, 0.05) is 6.42 Å². The number of hydrogen-bond donors (Lipinski definition) is 0. The van der Waals surface area contributed by atoms with Crippen LogP contribution in [0.3, 0.4) is 0 Å². The molecule has 0 amide bonds. The molecule has 84 valence electrons. The molecule has 0 rings (SSSR count). The zero-order valence-corrected chi connectivity index (χ0v) is 10.1. The molecule has 0 spiro atoms. The van der Waals surface area contributed by atoms with Crippen molar-refractivity contribution in [2.75, 3.05) is 35.2 Å². The molecule has 0 aromatic heterocycles. The molecule has 1 unspecified atom stereocenters. The summed E-state index contributed by atoms with van der Waals surface area (Å²) in [5.74, 6) is -1.00. The second-order valence-electron chi connectivity index (χ2n) is 4.76. The average Bonchev–Trinajstić information content (AvgIpc) is 1.95. The van der Waals surface area contributed by atoms with Crippen molar-refractivity contribution in [1.82, 2.24) is 4.90 Å². The second kappa shape index (κ2) is 4.28. The van der Waals surface area contributed by atoms with Crippen molar-refractivity contribution in [3.05, 3.63) is 0 Å². The lowest BCUT2D eigenvalue weighted by Gasteiger charge is -2.50. The minimum atomic E-state index is -1.00. The van der Waals surface area contributed by atoms with Crippen LogP contribution < -0.4 is 5.11 Å². The van der Waals surface area contributed by atoms with Gasteiger partial charge in [-0.05, 0) is 20.5 Å². The number of likely N-dealkylation sites (N-methyl/N-ethyl adjacent to an activating group) is 2. The van der Waals surface area contributed by atoms with E-state index < -0.39 is 11.6 Å². The molecule has 0 aliphatic carbocycles. The quantitative estimate of drug-likeness (QED) is 0.446. The Balaban J connectivity index is 5.27. The minimum absolute atomic E-state index is 0.343. The van der Waals surface area contributed by atoms with Crippen LogP contribution in [0.15, 0.2) is 0 Å². The maximum absolute atomic E-state index is 11.3. The Hall–Kier alpha value is -0.610. The van der Waals surface area contributed by atoms with Crippen molar-refractivity contribution in [3.8, 4) is 0 Å². The summed E-state index contributed by atoms with van der Waals surface area (Å²) in [5, 5.41) is 11.3. The van der Waals surface area contributed by atoms with Crippen molar-refractivity contribution in [3.63, 3.8) is 0 Å². The number of nitrogens with zero attached hydrogens (tertiary/aromatic N) is 2. The Morgan fingerprint density at radius 3 is 1.86 bits per heavy atom. The van der Waals surface area contributed by atoms with E-state index in [1.807, 2.05) is 28.1 Å². The highest BCUT2D eigenvalue weighted by Gasteiger charge is 2.46. The zero-order chi connectivity index (χ0) is 11.6. The minimum Gasteiger partial charge on any atom is -0.543 e. The van der Waals surface area contributed by atoms with Crippen molar-refractivity contribution in [2.45, 2.75) is 25.4 Å². The SMILES string of the molecule is CCCC(C(=O)[O-])(N(C)C)[N+](C)(C)C. The predicted octanol–water partition coefficient (Wildman–Crippen LogP) is -0.499. The van der Waals surface area contributed by atoms with Crippen LogP contribution in [0, 0.1) is 0 Å². The lowest BCUT2D eigenvalue weighted by molar-refractivity contribution is -0.929. The van der Waals surface area contributed by atoms with E-state index in [4.69, 9.17) is 0 Å². The van der Waals surface area contributed by atoms with Gasteiger partial charge in [-0.15, -0.1) is 0 Å². The van der Waals surface area contributed by atoms with Crippen LogP contribution in [0.4, 0.5) is 0 Å². The van der Waals surface area contributed by atoms with Crippen molar-refractivity contribution < 1.29 is 14.4 Å². The Morgan fingerprint density at radius 2 is 1.79 bits per heavy atom. The van der Waals surface area contributed by atoms with E-state index in [9.17, 15) is 9.90 Å². The second-order valence-corrected chi connectivity index (χ2v) is 4.76. The molecule has 14 heavy (non-hydrogen) atoms. The number of hydrogen-bond acceptors (Lipinski definition) is 3. The standard InChI is InChI=1S/C10H22N2O2/c1-7-8-10(9(13)14,11(2)3)12(4,5)6/h7-8H2,1-6H3. The molecule has 0 radical (unpaired) electrons. The molecular weight excluding hydrogens is 180 g/mol. The fraction of sp³-hybridized carbons (Fsp3) is 0.900. The number of rotatable bonds is 5. The highest BCUT2D eigenvalue weighted by atomic mass is 16.4. The van der Waals surface area contributed by atoms with Gasteiger partial charge in [0.1, 0.15) is 5.97 Å².